The van der Waals surface area contributed by atoms with Crippen molar-refractivity contribution in [2.24, 2.45) is 11.3 Å². The van der Waals surface area contributed by atoms with Gasteiger partial charge in [-0.25, -0.2) is 5.84 Å². The summed E-state index contributed by atoms with van der Waals surface area (Å²) in [4.78, 5) is 49.3. The molecule has 4 N–H and O–H groups in total. The third-order valence-electron chi connectivity index (χ3n) is 3.88. The Bertz CT molecular complexity index is 754. The Balaban J connectivity index is 3.77. The van der Waals surface area contributed by atoms with Crippen molar-refractivity contribution in [3.05, 3.63) is 18.3 Å². The van der Waals surface area contributed by atoms with Crippen molar-refractivity contribution >= 4 is 102 Å². The highest BCUT2D eigenvalue weighted by Crippen LogP contribution is 2.54. The van der Waals surface area contributed by atoms with Gasteiger partial charge in [-0.05, 0) is 75.7 Å². The molecule has 1 rings (SSSR count). The van der Waals surface area contributed by atoms with Crippen molar-refractivity contribution < 1.29 is 29.0 Å². The van der Waals surface area contributed by atoms with E-state index >= 15 is 0 Å². The summed E-state index contributed by atoms with van der Waals surface area (Å²) in [6, 6.07) is 0. The van der Waals surface area contributed by atoms with E-state index < -0.39 is 38.3 Å². The molecule has 1 aliphatic rings. The summed E-state index contributed by atoms with van der Waals surface area (Å²) >= 11 is 11.4. The number of alkyl halides is 1. The lowest BCUT2D eigenvalue weighted by atomic mass is 9.74. The van der Waals surface area contributed by atoms with E-state index in [0.717, 1.165) is 0 Å². The number of hydrogen-bond donors (Lipinski definition) is 3. The highest BCUT2D eigenvalue weighted by molar-refractivity contribution is 14.1. The molecule has 0 fully saturated rings. The third-order valence-corrected chi connectivity index (χ3v) is 8.47. The van der Waals surface area contributed by atoms with Crippen LogP contribution in [-0.4, -0.2) is 44.6 Å². The number of amides is 1. The molecule has 0 aromatic heterocycles. The first-order valence-electron chi connectivity index (χ1n) is 7.44. The van der Waals surface area contributed by atoms with Crippen LogP contribution in [0.5, 0.6) is 0 Å². The number of carbonyl (C=O) groups excluding carboxylic acids is 4. The van der Waals surface area contributed by atoms with Gasteiger partial charge in [-0.2, -0.15) is 0 Å². The monoisotopic (exact) mass is 736 g/mol. The standard InChI is InChI=1S/C15H16ClI3N2O6/c1-5(27-6(2)23)10(24)8-9(17)7(3-4-22)11(18)15(12(8)19,13(16)25)14(26)21-20/h5,12,22H,3-4,20H2,1-2H3,(H,21,26)/t5-,12?,15?/m0/s1. The average molecular weight is 736 g/mol. The first-order valence-corrected chi connectivity index (χ1v) is 11.2. The highest BCUT2D eigenvalue weighted by atomic mass is 127. The summed E-state index contributed by atoms with van der Waals surface area (Å²) in [6.07, 6.45) is -1.04. The largest absolute Gasteiger partial charge is 0.454 e. The van der Waals surface area contributed by atoms with Gasteiger partial charge in [-0.1, -0.05) is 22.6 Å². The molecule has 0 bridgehead atoms. The van der Waals surface area contributed by atoms with Crippen LogP contribution in [0.2, 0.25) is 0 Å². The fourth-order valence-electron chi connectivity index (χ4n) is 2.63. The lowest BCUT2D eigenvalue weighted by molar-refractivity contribution is -0.150. The van der Waals surface area contributed by atoms with E-state index in [9.17, 15) is 24.3 Å². The number of allylic oxidation sites excluding steroid dienone is 1. The molecule has 27 heavy (non-hydrogen) atoms. The zero-order valence-electron chi connectivity index (χ0n) is 14.1. The first kappa shape index (κ1) is 25.2. The summed E-state index contributed by atoms with van der Waals surface area (Å²) in [6.45, 7) is 2.28. The van der Waals surface area contributed by atoms with Gasteiger partial charge >= 0.3 is 5.97 Å². The van der Waals surface area contributed by atoms with Crippen molar-refractivity contribution in [2.75, 3.05) is 6.61 Å². The molecule has 1 aliphatic carbocycles. The average Bonchev–Trinajstić information content (AvgIpc) is 2.57. The van der Waals surface area contributed by atoms with E-state index in [4.69, 9.17) is 22.2 Å². The van der Waals surface area contributed by atoms with Crippen LogP contribution in [0.1, 0.15) is 20.3 Å². The number of aliphatic hydroxyl groups is 1. The van der Waals surface area contributed by atoms with Gasteiger partial charge in [0.05, 0.1) is 3.92 Å². The summed E-state index contributed by atoms with van der Waals surface area (Å²) in [7, 11) is 0. The minimum absolute atomic E-state index is 0.0857. The van der Waals surface area contributed by atoms with E-state index in [1.807, 2.05) is 50.6 Å². The number of hydrazine groups is 1. The first-order chi connectivity index (χ1) is 12.5. The molecule has 150 valence electrons. The van der Waals surface area contributed by atoms with Crippen LogP contribution in [0.3, 0.4) is 0 Å². The Kier molecular flexibility index (Phi) is 9.58. The predicted octanol–water partition coefficient (Wildman–Crippen LogP) is 1.83. The van der Waals surface area contributed by atoms with Crippen LogP contribution < -0.4 is 11.3 Å². The van der Waals surface area contributed by atoms with Gasteiger partial charge in [0, 0.05) is 26.3 Å². The van der Waals surface area contributed by atoms with Crippen molar-refractivity contribution in [1.82, 2.24) is 5.43 Å². The number of aliphatic hydroxyl groups excluding tert-OH is 1. The van der Waals surface area contributed by atoms with E-state index in [2.05, 4.69) is 0 Å². The fraction of sp³-hybridized carbons (Fsp3) is 0.467. The lowest BCUT2D eigenvalue weighted by Gasteiger charge is -2.39. The van der Waals surface area contributed by atoms with E-state index in [0.29, 0.717) is 9.15 Å². The van der Waals surface area contributed by atoms with Crippen molar-refractivity contribution in [3.63, 3.8) is 0 Å². The van der Waals surface area contributed by atoms with Crippen LogP contribution in [0.15, 0.2) is 18.3 Å². The second-order valence-corrected chi connectivity index (χ2v) is 9.27. The molecule has 8 nitrogen and oxygen atoms in total. The summed E-state index contributed by atoms with van der Waals surface area (Å²) in [5.74, 6) is 3.20. The summed E-state index contributed by atoms with van der Waals surface area (Å²) in [5.41, 5.74) is 0.533. The molecule has 12 heteroatoms. The summed E-state index contributed by atoms with van der Waals surface area (Å²) in [5, 5.41) is 8.40. The molecule has 0 aliphatic heterocycles. The molecule has 0 saturated heterocycles. The molecule has 0 heterocycles. The second-order valence-electron chi connectivity index (χ2n) is 5.53. The van der Waals surface area contributed by atoms with Gasteiger partial charge in [0.15, 0.2) is 11.5 Å². The van der Waals surface area contributed by atoms with Crippen molar-refractivity contribution in [1.29, 1.82) is 0 Å². The smallest absolute Gasteiger partial charge is 0.303 e. The lowest BCUT2D eigenvalue weighted by Crippen LogP contribution is -2.56. The van der Waals surface area contributed by atoms with Crippen LogP contribution in [0, 0.1) is 5.41 Å². The Morgan fingerprint density at radius 1 is 1.37 bits per heavy atom. The molecule has 0 spiro atoms. The normalized spacial score (nSPS) is 23.8. The number of ketones is 1. The van der Waals surface area contributed by atoms with E-state index in [1.165, 1.54) is 13.8 Å². The minimum atomic E-state index is -1.95. The number of ether oxygens (including phenoxy) is 1. The number of rotatable bonds is 7. The summed E-state index contributed by atoms with van der Waals surface area (Å²) < 4.78 is 4.70. The van der Waals surface area contributed by atoms with E-state index in [-0.39, 0.29) is 22.2 Å². The molecule has 0 aromatic carbocycles. The number of esters is 1. The zero-order valence-corrected chi connectivity index (χ0v) is 21.4. The molecule has 0 radical (unpaired) electrons. The van der Waals surface area contributed by atoms with Gasteiger partial charge in [-0.15, -0.1) is 0 Å². The zero-order chi connectivity index (χ0) is 21.1. The van der Waals surface area contributed by atoms with Crippen LogP contribution >= 0.6 is 79.4 Å². The maximum atomic E-state index is 13.0. The van der Waals surface area contributed by atoms with Gasteiger partial charge in [-0.3, -0.25) is 24.6 Å². The Labute approximate surface area is 201 Å². The topological polar surface area (TPSA) is 136 Å². The second kappa shape index (κ2) is 10.3. The van der Waals surface area contributed by atoms with Gasteiger partial charge < -0.3 is 9.84 Å². The third kappa shape index (κ3) is 4.67. The quantitative estimate of drug-likeness (QED) is 0.0531. The van der Waals surface area contributed by atoms with Gasteiger partial charge in [0.1, 0.15) is 0 Å². The number of Topliss-reactive ketones (excluding diaryl/α,β-unsaturated/α-hetero) is 1. The molecule has 0 saturated carbocycles. The number of nitrogens with two attached hydrogens (primary N) is 1. The number of carbonyl (C=O) groups is 4. The Morgan fingerprint density at radius 2 is 1.93 bits per heavy atom. The number of halogens is 4. The van der Waals surface area contributed by atoms with Crippen LogP contribution in [-0.2, 0) is 23.9 Å². The van der Waals surface area contributed by atoms with Crippen LogP contribution in [0.4, 0.5) is 0 Å². The van der Waals surface area contributed by atoms with Crippen molar-refractivity contribution in [3.8, 4) is 0 Å². The van der Waals surface area contributed by atoms with Crippen LogP contribution in [0.25, 0.3) is 0 Å². The van der Waals surface area contributed by atoms with Gasteiger partial charge in [0.25, 0.3) is 5.91 Å². The SMILES string of the molecule is CC(=O)O[C@@H](C)C(=O)C1=C(I)C(CCO)=C(I)C(C(=O)Cl)(C(=O)NN)C1I. The van der Waals surface area contributed by atoms with Crippen molar-refractivity contribution in [2.45, 2.75) is 30.3 Å². The fourth-order valence-corrected chi connectivity index (χ4v) is 8.92. The molecular formula is C15H16ClI3N2O6. The maximum Gasteiger partial charge on any atom is 0.303 e. The Morgan fingerprint density at radius 3 is 2.33 bits per heavy atom. The number of hydrogen-bond acceptors (Lipinski definition) is 7. The Hall–Kier alpha value is 0.160. The minimum Gasteiger partial charge on any atom is -0.454 e. The molecule has 2 unspecified atom stereocenters. The molecular weight excluding hydrogens is 720 g/mol. The number of nitrogens with one attached hydrogen (secondary N) is 1. The molecule has 1 amide bonds. The highest BCUT2D eigenvalue weighted by Gasteiger charge is 2.58. The predicted molar refractivity (Wildman–Crippen MR) is 123 cm³/mol. The molecule has 3 atom stereocenters. The maximum absolute atomic E-state index is 13.0. The molecule has 0 aromatic rings. The van der Waals surface area contributed by atoms with E-state index in [1.54, 1.807) is 22.6 Å². The van der Waals surface area contributed by atoms with Gasteiger partial charge in [0.2, 0.25) is 11.0 Å².